The van der Waals surface area contributed by atoms with Crippen LogP contribution in [0, 0.1) is 0 Å². The Bertz CT molecular complexity index is 423. The number of nitrogens with one attached hydrogen (secondary N) is 1. The van der Waals surface area contributed by atoms with E-state index in [-0.39, 0.29) is 0 Å². The van der Waals surface area contributed by atoms with Gasteiger partial charge in [0.2, 0.25) is 0 Å². The number of nitrogens with zero attached hydrogens (tertiary/aromatic N) is 3. The highest BCUT2D eigenvalue weighted by atomic mass is 32.2. The molecular formula is C8H8N4S. The number of aromatic amines is 1. The Morgan fingerprint density at radius 1 is 1.54 bits per heavy atom. The lowest BCUT2D eigenvalue weighted by molar-refractivity contribution is 1.06. The summed E-state index contributed by atoms with van der Waals surface area (Å²) < 4.78 is 0. The molecule has 2 aromatic rings. The summed E-state index contributed by atoms with van der Waals surface area (Å²) in [6.45, 7) is 3.65. The molecule has 0 atom stereocenters. The average Bonchev–Trinajstić information content (AvgIpc) is 2.62. The quantitative estimate of drug-likeness (QED) is 0.456. The highest BCUT2D eigenvalue weighted by Crippen LogP contribution is 2.21. The molecule has 0 fully saturated rings. The third-order valence-corrected chi connectivity index (χ3v) is 2.51. The van der Waals surface area contributed by atoms with Crippen LogP contribution in [-0.2, 0) is 0 Å². The molecule has 2 aromatic heterocycles. The summed E-state index contributed by atoms with van der Waals surface area (Å²) in [7, 11) is 0. The van der Waals surface area contributed by atoms with Gasteiger partial charge in [-0.2, -0.15) is 5.10 Å². The second kappa shape index (κ2) is 3.57. The predicted octanol–water partition coefficient (Wildman–Crippen LogP) is 1.63. The first-order valence-corrected chi connectivity index (χ1v) is 4.78. The Hall–Kier alpha value is -1.36. The van der Waals surface area contributed by atoms with E-state index in [9.17, 15) is 0 Å². The Labute approximate surface area is 79.5 Å². The minimum absolute atomic E-state index is 0.828. The number of hydrogen-bond acceptors (Lipinski definition) is 4. The van der Waals surface area contributed by atoms with E-state index >= 15 is 0 Å². The van der Waals surface area contributed by atoms with Gasteiger partial charge in [0.1, 0.15) is 22.4 Å². The van der Waals surface area contributed by atoms with Crippen LogP contribution in [0.4, 0.5) is 0 Å². The molecule has 0 aliphatic carbocycles. The van der Waals surface area contributed by atoms with Crippen LogP contribution >= 0.6 is 11.8 Å². The second-order valence-corrected chi connectivity index (χ2v) is 3.41. The third-order valence-electron chi connectivity index (χ3n) is 1.53. The molecule has 0 saturated carbocycles. The summed E-state index contributed by atoms with van der Waals surface area (Å²) in [6, 6.07) is 0. The van der Waals surface area contributed by atoms with Crippen molar-refractivity contribution in [2.45, 2.75) is 5.03 Å². The zero-order valence-electron chi connectivity index (χ0n) is 6.90. The van der Waals surface area contributed by atoms with Gasteiger partial charge in [0.25, 0.3) is 0 Å². The van der Waals surface area contributed by atoms with E-state index < -0.39 is 0 Å². The average molecular weight is 192 g/mol. The first-order valence-electron chi connectivity index (χ1n) is 3.80. The van der Waals surface area contributed by atoms with E-state index in [1.54, 1.807) is 24.3 Å². The normalized spacial score (nSPS) is 10.5. The first-order chi connectivity index (χ1) is 6.42. The number of H-pyrrole nitrogens is 1. The van der Waals surface area contributed by atoms with Gasteiger partial charge in [0.15, 0.2) is 0 Å². The number of aromatic nitrogens is 4. The Kier molecular flexibility index (Phi) is 2.27. The number of hydrogen-bond donors (Lipinski definition) is 1. The molecule has 5 heteroatoms. The molecule has 0 bridgehead atoms. The van der Waals surface area contributed by atoms with Crippen LogP contribution < -0.4 is 0 Å². The fraction of sp³-hybridized carbons (Fsp3) is 0.125. The molecule has 66 valence electrons. The lowest BCUT2D eigenvalue weighted by atomic mass is 10.5. The van der Waals surface area contributed by atoms with Crippen LogP contribution in [0.15, 0.2) is 30.2 Å². The molecular weight excluding hydrogens is 184 g/mol. The molecule has 0 aromatic carbocycles. The highest BCUT2D eigenvalue weighted by Gasteiger charge is 2.04. The fourth-order valence-corrected chi connectivity index (χ4v) is 1.67. The van der Waals surface area contributed by atoms with Crippen LogP contribution in [-0.4, -0.2) is 25.9 Å². The van der Waals surface area contributed by atoms with E-state index in [4.69, 9.17) is 0 Å². The van der Waals surface area contributed by atoms with Crippen LogP contribution in [0.2, 0.25) is 0 Å². The maximum atomic E-state index is 4.14. The van der Waals surface area contributed by atoms with Crippen LogP contribution in [0.5, 0.6) is 0 Å². The standard InChI is InChI=1S/C8H8N4S/c1-2-3-13-8-7-6(4-11-12-7)9-5-10-8/h2,4-5H,1,3H2,(H,11,12). The molecule has 13 heavy (non-hydrogen) atoms. The molecule has 0 radical (unpaired) electrons. The summed E-state index contributed by atoms with van der Waals surface area (Å²) in [6.07, 6.45) is 5.14. The van der Waals surface area contributed by atoms with Crippen molar-refractivity contribution in [3.8, 4) is 0 Å². The van der Waals surface area contributed by atoms with Crippen molar-refractivity contribution < 1.29 is 0 Å². The summed E-state index contributed by atoms with van der Waals surface area (Å²) in [4.78, 5) is 8.20. The topological polar surface area (TPSA) is 54.5 Å². The number of rotatable bonds is 3. The summed E-state index contributed by atoms with van der Waals surface area (Å²) in [5.41, 5.74) is 1.68. The Morgan fingerprint density at radius 3 is 3.31 bits per heavy atom. The molecule has 0 saturated heterocycles. The van der Waals surface area contributed by atoms with Gasteiger partial charge in [-0.25, -0.2) is 9.97 Å². The van der Waals surface area contributed by atoms with Gasteiger partial charge < -0.3 is 0 Å². The van der Waals surface area contributed by atoms with Crippen molar-refractivity contribution >= 4 is 22.8 Å². The Morgan fingerprint density at radius 2 is 2.46 bits per heavy atom. The molecule has 4 nitrogen and oxygen atoms in total. The molecule has 0 unspecified atom stereocenters. The SMILES string of the molecule is C=CCSc1ncnc2c[nH]nc12. The van der Waals surface area contributed by atoms with Crippen molar-refractivity contribution in [3.63, 3.8) is 0 Å². The molecule has 0 aliphatic rings. The molecule has 0 aliphatic heterocycles. The molecule has 0 amide bonds. The minimum atomic E-state index is 0.828. The third kappa shape index (κ3) is 1.55. The summed E-state index contributed by atoms with van der Waals surface area (Å²) in [5, 5.41) is 7.72. The second-order valence-electron chi connectivity index (χ2n) is 2.40. The lowest BCUT2D eigenvalue weighted by Crippen LogP contribution is -1.85. The van der Waals surface area contributed by atoms with Gasteiger partial charge in [-0.3, -0.25) is 5.10 Å². The van der Waals surface area contributed by atoms with E-state index in [1.165, 1.54) is 0 Å². The molecule has 2 rings (SSSR count). The Balaban J connectivity index is 2.42. The number of fused-ring (bicyclic) bond motifs is 1. The zero-order valence-corrected chi connectivity index (χ0v) is 7.71. The predicted molar refractivity (Wildman–Crippen MR) is 52.6 cm³/mol. The van der Waals surface area contributed by atoms with Crippen molar-refractivity contribution in [1.29, 1.82) is 0 Å². The van der Waals surface area contributed by atoms with Crippen LogP contribution in [0.25, 0.3) is 11.0 Å². The van der Waals surface area contributed by atoms with Gasteiger partial charge in [-0.1, -0.05) is 17.8 Å². The smallest absolute Gasteiger partial charge is 0.143 e. The highest BCUT2D eigenvalue weighted by molar-refractivity contribution is 7.99. The van der Waals surface area contributed by atoms with Crippen molar-refractivity contribution in [1.82, 2.24) is 20.2 Å². The maximum absolute atomic E-state index is 4.14. The van der Waals surface area contributed by atoms with Crippen molar-refractivity contribution in [2.75, 3.05) is 5.75 Å². The van der Waals surface area contributed by atoms with Crippen LogP contribution in [0.3, 0.4) is 0 Å². The van der Waals surface area contributed by atoms with Crippen LogP contribution in [0.1, 0.15) is 0 Å². The van der Waals surface area contributed by atoms with Gasteiger partial charge in [-0.15, -0.1) is 6.58 Å². The van der Waals surface area contributed by atoms with Gasteiger partial charge in [0.05, 0.1) is 0 Å². The minimum Gasteiger partial charge on any atom is -0.283 e. The molecule has 2 heterocycles. The van der Waals surface area contributed by atoms with E-state index in [0.717, 1.165) is 21.8 Å². The monoisotopic (exact) mass is 192 g/mol. The van der Waals surface area contributed by atoms with E-state index in [0.29, 0.717) is 0 Å². The number of thioether (sulfide) groups is 1. The van der Waals surface area contributed by atoms with E-state index in [1.807, 2.05) is 6.08 Å². The zero-order chi connectivity index (χ0) is 9.10. The van der Waals surface area contributed by atoms with Gasteiger partial charge in [0, 0.05) is 11.9 Å². The van der Waals surface area contributed by atoms with Gasteiger partial charge in [-0.05, 0) is 0 Å². The van der Waals surface area contributed by atoms with Crippen molar-refractivity contribution in [3.05, 3.63) is 25.2 Å². The largest absolute Gasteiger partial charge is 0.283 e. The molecule has 0 spiro atoms. The first kappa shape index (κ1) is 8.25. The fourth-order valence-electron chi connectivity index (χ4n) is 0.988. The van der Waals surface area contributed by atoms with Gasteiger partial charge >= 0.3 is 0 Å². The van der Waals surface area contributed by atoms with E-state index in [2.05, 4.69) is 26.7 Å². The summed E-state index contributed by atoms with van der Waals surface area (Å²) in [5.74, 6) is 0.832. The lowest BCUT2D eigenvalue weighted by Gasteiger charge is -1.96. The summed E-state index contributed by atoms with van der Waals surface area (Å²) >= 11 is 1.60. The molecule has 1 N–H and O–H groups in total. The van der Waals surface area contributed by atoms with Crippen molar-refractivity contribution in [2.24, 2.45) is 0 Å². The maximum Gasteiger partial charge on any atom is 0.143 e.